The summed E-state index contributed by atoms with van der Waals surface area (Å²) in [6.45, 7) is 2.70. The number of aliphatic hydroxyl groups is 7. The Morgan fingerprint density at radius 3 is 1.99 bits per heavy atom. The zero-order chi connectivity index (χ0) is 50.2. The van der Waals surface area contributed by atoms with Crippen LogP contribution >= 0.6 is 7.82 Å². The molecule has 0 amide bonds. The first-order valence-electron chi connectivity index (χ1n) is 24.5. The molecule has 2 aliphatic rings. The van der Waals surface area contributed by atoms with Crippen LogP contribution in [0, 0.1) is 11.8 Å². The largest absolute Gasteiger partial charge is 0.472 e. The molecule has 68 heavy (non-hydrogen) atoms. The van der Waals surface area contributed by atoms with Crippen LogP contribution in [0.3, 0.4) is 0 Å². The minimum absolute atomic E-state index is 0.0795. The molecular formula is C51H81O16P. The van der Waals surface area contributed by atoms with Crippen LogP contribution in [0.1, 0.15) is 136 Å². The number of ether oxygens (including phenoxy) is 2. The van der Waals surface area contributed by atoms with Gasteiger partial charge in [-0.25, -0.2) is 4.57 Å². The van der Waals surface area contributed by atoms with E-state index >= 15 is 0 Å². The molecular weight excluding hydrogens is 900 g/mol. The van der Waals surface area contributed by atoms with Crippen molar-refractivity contribution in [2.45, 2.75) is 191 Å². The fourth-order valence-electron chi connectivity index (χ4n) is 7.50. The Labute approximate surface area is 403 Å². The van der Waals surface area contributed by atoms with E-state index in [-0.39, 0.29) is 25.7 Å². The summed E-state index contributed by atoms with van der Waals surface area (Å²) in [4.78, 5) is 50.1. The van der Waals surface area contributed by atoms with Crippen molar-refractivity contribution < 1.29 is 78.1 Å². The summed E-state index contributed by atoms with van der Waals surface area (Å²) < 4.78 is 34.6. The highest BCUT2D eigenvalue weighted by Crippen LogP contribution is 2.47. The van der Waals surface area contributed by atoms with E-state index in [2.05, 4.69) is 43.4 Å². The number of Topliss-reactive ketones (excluding diaryl/α,β-unsaturated/α-hetero) is 1. The Morgan fingerprint density at radius 1 is 0.765 bits per heavy atom. The minimum Gasteiger partial charge on any atom is -0.462 e. The van der Waals surface area contributed by atoms with Gasteiger partial charge in [-0.05, 0) is 70.6 Å². The van der Waals surface area contributed by atoms with Crippen LogP contribution in [-0.2, 0) is 37.5 Å². The lowest BCUT2D eigenvalue weighted by Crippen LogP contribution is -2.55. The lowest BCUT2D eigenvalue weighted by Gasteiger charge is -2.36. The number of rotatable bonds is 22. The highest BCUT2D eigenvalue weighted by molar-refractivity contribution is 7.47. The van der Waals surface area contributed by atoms with Crippen LogP contribution < -0.4 is 0 Å². The number of unbranched alkanes of at least 4 members (excludes halogenated alkanes) is 5. The standard InChI is InChI=1S/C51H81O16P/c1-3-5-7-8-9-10-11-12-13-14-15-16-17-18-19-20-21-22-28-32-45(56)66-39-36-64-44(55)31-27-24-23-26-30-40-42(53)35-43(54)41(34-33-38(52)29-25-6-4-2)47(58)49(60)51(50(61)48(59)46(40)57)67-68(62,63)65-37-39/h9-10,12-13,15-16,18-19,21-23,26,33-34,38-41,43,46-52,54,57-61H,3-8,11,14,17,20,24-25,27-32,35-37H2,1-2H3,(H,62,63)/b10-9-,13-12-,16-15-,19-18-,22-21-,26-23-,34-33+/t38-,39+,40-,41-,43+,46+,47+,48-,49+,50+,51+/m0/s1. The Morgan fingerprint density at radius 2 is 1.35 bits per heavy atom. The van der Waals surface area contributed by atoms with Gasteiger partial charge >= 0.3 is 19.8 Å². The first-order chi connectivity index (χ1) is 32.6. The fraction of sp³-hybridized carbons (Fsp3) is 0.667. The second kappa shape index (κ2) is 35.7. The van der Waals surface area contributed by atoms with Crippen molar-refractivity contribution in [1.29, 1.82) is 0 Å². The normalized spacial score (nSPS) is 31.1. The number of phosphoric ester groups is 1. The molecule has 0 aromatic rings. The third-order valence-electron chi connectivity index (χ3n) is 11.6. The molecule has 1 saturated carbocycles. The van der Waals surface area contributed by atoms with Gasteiger partial charge in [-0.1, -0.05) is 131 Å². The van der Waals surface area contributed by atoms with Crippen molar-refractivity contribution in [3.63, 3.8) is 0 Å². The molecule has 1 unspecified atom stereocenters. The van der Waals surface area contributed by atoms with Crippen molar-refractivity contribution in [2.24, 2.45) is 11.8 Å². The summed E-state index contributed by atoms with van der Waals surface area (Å²) in [5.74, 6) is -5.22. The van der Waals surface area contributed by atoms with Crippen molar-refractivity contribution >= 4 is 25.5 Å². The lowest BCUT2D eigenvalue weighted by atomic mass is 9.84. The van der Waals surface area contributed by atoms with Gasteiger partial charge in [-0.3, -0.25) is 23.4 Å². The van der Waals surface area contributed by atoms with Crippen molar-refractivity contribution in [2.75, 3.05) is 13.2 Å². The number of fused-ring (bicyclic) bond motifs is 4. The number of aliphatic hydroxyl groups excluding tert-OH is 7. The van der Waals surface area contributed by atoms with E-state index in [1.54, 1.807) is 12.2 Å². The van der Waals surface area contributed by atoms with Gasteiger partial charge in [0.1, 0.15) is 36.8 Å². The van der Waals surface area contributed by atoms with Crippen molar-refractivity contribution in [1.82, 2.24) is 0 Å². The van der Waals surface area contributed by atoms with Gasteiger partial charge in [0.2, 0.25) is 0 Å². The van der Waals surface area contributed by atoms with Crippen LogP contribution in [0.15, 0.2) is 85.1 Å². The molecule has 0 saturated heterocycles. The number of ketones is 1. The van der Waals surface area contributed by atoms with E-state index in [9.17, 15) is 59.6 Å². The number of cyclic esters (lactones) is 1. The van der Waals surface area contributed by atoms with Crippen LogP contribution in [0.25, 0.3) is 0 Å². The molecule has 12 atom stereocenters. The van der Waals surface area contributed by atoms with E-state index in [4.69, 9.17) is 18.5 Å². The van der Waals surface area contributed by atoms with Gasteiger partial charge in [0.05, 0.1) is 31.0 Å². The summed E-state index contributed by atoms with van der Waals surface area (Å²) in [7, 11) is -5.49. The molecule has 17 heteroatoms. The maximum Gasteiger partial charge on any atom is 0.472 e. The zero-order valence-electron chi connectivity index (χ0n) is 40.1. The molecule has 8 N–H and O–H groups in total. The van der Waals surface area contributed by atoms with Gasteiger partial charge < -0.3 is 50.1 Å². The van der Waals surface area contributed by atoms with Crippen molar-refractivity contribution in [3.05, 3.63) is 85.1 Å². The maximum atomic E-state index is 13.6. The average Bonchev–Trinajstić information content (AvgIpc) is 3.31. The monoisotopic (exact) mass is 981 g/mol. The number of hydrogen-bond donors (Lipinski definition) is 8. The number of carbonyl (C=O) groups excluding carboxylic acids is 3. The first-order valence-corrected chi connectivity index (χ1v) is 26.0. The third kappa shape index (κ3) is 25.5. The molecule has 2 bridgehead atoms. The number of phosphoric acid groups is 1. The minimum atomic E-state index is -5.49. The third-order valence-corrected chi connectivity index (χ3v) is 12.6. The lowest BCUT2D eigenvalue weighted by molar-refractivity contribution is -0.166. The topological polar surface area (TPSA) is 267 Å². The Kier molecular flexibility index (Phi) is 31.9. The Bertz CT molecular complexity index is 1690. The van der Waals surface area contributed by atoms with Crippen molar-refractivity contribution in [3.8, 4) is 0 Å². The summed E-state index contributed by atoms with van der Waals surface area (Å²) in [6, 6.07) is 0. The van der Waals surface area contributed by atoms with Gasteiger partial charge in [0.15, 0.2) is 6.10 Å². The molecule has 16 nitrogen and oxygen atoms in total. The summed E-state index contributed by atoms with van der Waals surface area (Å²) >= 11 is 0. The highest BCUT2D eigenvalue weighted by atomic mass is 31.2. The second-order valence-electron chi connectivity index (χ2n) is 17.4. The molecule has 386 valence electrons. The first kappa shape index (κ1) is 60.7. The van der Waals surface area contributed by atoms with E-state index in [0.29, 0.717) is 32.1 Å². The second-order valence-corrected chi connectivity index (χ2v) is 18.8. The smallest absolute Gasteiger partial charge is 0.462 e. The quantitative estimate of drug-likeness (QED) is 0.0244. The predicted octanol–water partition coefficient (Wildman–Crippen LogP) is 6.64. The SMILES string of the molecule is CCCCC/C=C\C/C=C\C/C=C\C/C=C\C/C=C\CCC(=O)O[C@@H]1COC(=O)CCC/C=C\C[C@H]2C(=O)C[C@@H](O)[C@H](/C=C/[C@@H](O)CCCCC)[C@@H](O)[C@@H](O)[C@@H](OP(=O)(O)OC1)[C@H](O)[C@@H](O)[C@@H]2O. The molecule has 1 heterocycles. The molecule has 1 aliphatic carbocycles. The van der Waals surface area contributed by atoms with Crippen LogP contribution in [-0.4, -0.2) is 127 Å². The van der Waals surface area contributed by atoms with Crippen LogP contribution in [0.2, 0.25) is 0 Å². The molecule has 1 aliphatic heterocycles. The number of allylic oxidation sites excluding steroid dienone is 12. The van der Waals surface area contributed by atoms with E-state index in [1.165, 1.54) is 37.5 Å². The molecule has 0 aromatic heterocycles. The fourth-order valence-corrected chi connectivity index (χ4v) is 8.48. The van der Waals surface area contributed by atoms with Crippen LogP contribution in [0.4, 0.5) is 0 Å². The van der Waals surface area contributed by atoms with Crippen LogP contribution in [0.5, 0.6) is 0 Å². The summed E-state index contributed by atoms with van der Waals surface area (Å²) in [5.41, 5.74) is 0. The van der Waals surface area contributed by atoms with Gasteiger partial charge in [-0.2, -0.15) is 0 Å². The maximum absolute atomic E-state index is 13.6. The average molecular weight is 981 g/mol. The Hall–Kier alpha value is -3.38. The summed E-state index contributed by atoms with van der Waals surface area (Å²) in [5, 5.41) is 78.6. The molecule has 0 radical (unpaired) electrons. The molecule has 0 aromatic carbocycles. The zero-order valence-corrected chi connectivity index (χ0v) is 41.0. The van der Waals surface area contributed by atoms with Gasteiger partial charge in [0.25, 0.3) is 0 Å². The van der Waals surface area contributed by atoms with E-state index in [0.717, 1.165) is 38.5 Å². The van der Waals surface area contributed by atoms with E-state index in [1.807, 2.05) is 25.2 Å². The number of carbonyl (C=O) groups is 3. The molecule has 1 fully saturated rings. The van der Waals surface area contributed by atoms with Gasteiger partial charge in [0, 0.05) is 31.1 Å². The highest BCUT2D eigenvalue weighted by Gasteiger charge is 2.49. The van der Waals surface area contributed by atoms with Gasteiger partial charge in [-0.15, -0.1) is 0 Å². The number of esters is 2. The molecule has 0 spiro atoms. The summed E-state index contributed by atoms with van der Waals surface area (Å²) in [6.07, 6.45) is 18.7. The Balaban J connectivity index is 2.17. The molecule has 2 rings (SSSR count). The van der Waals surface area contributed by atoms with E-state index < -0.39 is 112 Å². The number of hydrogen-bond acceptors (Lipinski definition) is 15. The predicted molar refractivity (Wildman–Crippen MR) is 259 cm³/mol.